The molecule has 2 amide bonds. The molecule has 3 rings (SSSR count). The van der Waals surface area contributed by atoms with Crippen molar-refractivity contribution < 1.29 is 18.0 Å². The van der Waals surface area contributed by atoms with Crippen LogP contribution in [0, 0.1) is 0 Å². The molecule has 8 nitrogen and oxygen atoms in total. The van der Waals surface area contributed by atoms with Crippen LogP contribution in [-0.4, -0.2) is 49.2 Å². The van der Waals surface area contributed by atoms with Gasteiger partial charge in [0.25, 0.3) is 5.91 Å². The molecular weight excluding hydrogens is 380 g/mol. The average molecular weight is 402 g/mol. The van der Waals surface area contributed by atoms with Crippen LogP contribution in [0.4, 0.5) is 5.69 Å². The fourth-order valence-corrected chi connectivity index (χ4v) is 4.36. The molecule has 2 heterocycles. The third kappa shape index (κ3) is 4.93. The SMILES string of the molecule is CC(=O)Nc1ccc(S(=O)(=O)NC2CCN(C(=O)c3ccccn3)CC2)cc1. The highest BCUT2D eigenvalue weighted by atomic mass is 32.2. The van der Waals surface area contributed by atoms with E-state index in [-0.39, 0.29) is 22.8 Å². The normalized spacial score (nSPS) is 15.2. The lowest BCUT2D eigenvalue weighted by atomic mass is 10.1. The van der Waals surface area contributed by atoms with Crippen molar-refractivity contribution >= 4 is 27.5 Å². The number of benzene rings is 1. The Kier molecular flexibility index (Phi) is 6.05. The molecule has 0 unspecified atom stereocenters. The lowest BCUT2D eigenvalue weighted by Crippen LogP contribution is -2.46. The van der Waals surface area contributed by atoms with Gasteiger partial charge in [-0.3, -0.25) is 14.6 Å². The first-order chi connectivity index (χ1) is 13.3. The molecule has 0 spiro atoms. The van der Waals surface area contributed by atoms with Crippen molar-refractivity contribution in [3.8, 4) is 0 Å². The fourth-order valence-electron chi connectivity index (χ4n) is 3.06. The molecule has 1 aliphatic rings. The van der Waals surface area contributed by atoms with Crippen molar-refractivity contribution in [1.82, 2.24) is 14.6 Å². The Morgan fingerprint density at radius 1 is 1.07 bits per heavy atom. The van der Waals surface area contributed by atoms with Crippen LogP contribution in [0.2, 0.25) is 0 Å². The third-order valence-corrected chi connectivity index (χ3v) is 6.01. The van der Waals surface area contributed by atoms with E-state index in [2.05, 4.69) is 15.0 Å². The molecule has 0 aliphatic carbocycles. The van der Waals surface area contributed by atoms with Gasteiger partial charge in [-0.25, -0.2) is 13.1 Å². The van der Waals surface area contributed by atoms with Crippen LogP contribution < -0.4 is 10.0 Å². The number of amides is 2. The molecule has 1 aromatic heterocycles. The van der Waals surface area contributed by atoms with Gasteiger partial charge >= 0.3 is 0 Å². The maximum atomic E-state index is 12.6. The van der Waals surface area contributed by atoms with E-state index in [0.717, 1.165) is 0 Å². The quantitative estimate of drug-likeness (QED) is 0.790. The first-order valence-electron chi connectivity index (χ1n) is 8.95. The van der Waals surface area contributed by atoms with Gasteiger partial charge in [0.15, 0.2) is 0 Å². The number of likely N-dealkylation sites (tertiary alicyclic amines) is 1. The van der Waals surface area contributed by atoms with Gasteiger partial charge in [-0.2, -0.15) is 0 Å². The molecule has 0 saturated carbocycles. The summed E-state index contributed by atoms with van der Waals surface area (Å²) in [4.78, 5) is 29.4. The maximum Gasteiger partial charge on any atom is 0.272 e. The number of nitrogens with zero attached hydrogens (tertiary/aromatic N) is 2. The first-order valence-corrected chi connectivity index (χ1v) is 10.4. The number of sulfonamides is 1. The van der Waals surface area contributed by atoms with Gasteiger partial charge in [-0.15, -0.1) is 0 Å². The molecular formula is C19H22N4O4S. The highest BCUT2D eigenvalue weighted by molar-refractivity contribution is 7.89. The zero-order valence-electron chi connectivity index (χ0n) is 15.5. The van der Waals surface area contributed by atoms with Gasteiger partial charge in [-0.1, -0.05) is 6.07 Å². The maximum absolute atomic E-state index is 12.6. The molecule has 1 aliphatic heterocycles. The second kappa shape index (κ2) is 8.49. The van der Waals surface area contributed by atoms with Crippen molar-refractivity contribution in [2.75, 3.05) is 18.4 Å². The number of piperidine rings is 1. The molecule has 0 bridgehead atoms. The number of carbonyl (C=O) groups excluding carboxylic acids is 2. The zero-order valence-corrected chi connectivity index (χ0v) is 16.3. The van der Waals surface area contributed by atoms with E-state index in [9.17, 15) is 18.0 Å². The smallest absolute Gasteiger partial charge is 0.272 e. The molecule has 148 valence electrons. The van der Waals surface area contributed by atoms with Crippen LogP contribution in [-0.2, 0) is 14.8 Å². The summed E-state index contributed by atoms with van der Waals surface area (Å²) >= 11 is 0. The minimum absolute atomic E-state index is 0.133. The van der Waals surface area contributed by atoms with Crippen LogP contribution in [0.3, 0.4) is 0 Å². The topological polar surface area (TPSA) is 108 Å². The average Bonchev–Trinajstić information content (AvgIpc) is 2.68. The first kappa shape index (κ1) is 20.0. The van der Waals surface area contributed by atoms with Crippen LogP contribution >= 0.6 is 0 Å². The minimum atomic E-state index is -3.67. The Balaban J connectivity index is 1.57. The van der Waals surface area contributed by atoms with Crippen LogP contribution in [0.1, 0.15) is 30.3 Å². The van der Waals surface area contributed by atoms with Crippen LogP contribution in [0.25, 0.3) is 0 Å². The molecule has 2 N–H and O–H groups in total. The molecule has 0 atom stereocenters. The number of carbonyl (C=O) groups is 2. The van der Waals surface area contributed by atoms with Gasteiger partial charge in [0.1, 0.15) is 5.69 Å². The number of nitrogens with one attached hydrogen (secondary N) is 2. The minimum Gasteiger partial charge on any atom is -0.337 e. The predicted octanol–water partition coefficient (Wildman–Crippen LogP) is 1.62. The van der Waals surface area contributed by atoms with Gasteiger partial charge in [-0.05, 0) is 49.2 Å². The summed E-state index contributed by atoms with van der Waals surface area (Å²) in [6, 6.07) is 10.9. The Hall–Kier alpha value is -2.78. The molecule has 0 radical (unpaired) electrons. The van der Waals surface area contributed by atoms with Crippen molar-refractivity contribution in [2.24, 2.45) is 0 Å². The summed E-state index contributed by atoms with van der Waals surface area (Å²) in [7, 11) is -3.67. The van der Waals surface area contributed by atoms with Gasteiger partial charge in [0.2, 0.25) is 15.9 Å². The highest BCUT2D eigenvalue weighted by Gasteiger charge is 2.27. The zero-order chi connectivity index (χ0) is 20.1. The number of pyridine rings is 1. The number of hydrogen-bond acceptors (Lipinski definition) is 5. The van der Waals surface area contributed by atoms with E-state index in [0.29, 0.717) is 37.3 Å². The largest absolute Gasteiger partial charge is 0.337 e. The van der Waals surface area contributed by atoms with E-state index >= 15 is 0 Å². The molecule has 28 heavy (non-hydrogen) atoms. The predicted molar refractivity (Wildman–Crippen MR) is 104 cm³/mol. The monoisotopic (exact) mass is 402 g/mol. The fraction of sp³-hybridized carbons (Fsp3) is 0.316. The number of anilines is 1. The van der Waals surface area contributed by atoms with Crippen LogP contribution in [0.5, 0.6) is 0 Å². The summed E-state index contributed by atoms with van der Waals surface area (Å²) in [5.74, 6) is -0.365. The number of aromatic nitrogens is 1. The van der Waals surface area contributed by atoms with Gasteiger partial charge in [0.05, 0.1) is 4.90 Å². The summed E-state index contributed by atoms with van der Waals surface area (Å²) < 4.78 is 27.9. The van der Waals surface area contributed by atoms with Gasteiger partial charge in [0, 0.05) is 37.9 Å². The van der Waals surface area contributed by atoms with Crippen molar-refractivity contribution in [3.63, 3.8) is 0 Å². The van der Waals surface area contributed by atoms with E-state index < -0.39 is 10.0 Å². The molecule has 2 aromatic rings. The number of hydrogen-bond donors (Lipinski definition) is 2. The summed E-state index contributed by atoms with van der Waals surface area (Å²) in [6.07, 6.45) is 2.63. The van der Waals surface area contributed by atoms with E-state index in [4.69, 9.17) is 0 Å². The Morgan fingerprint density at radius 3 is 2.32 bits per heavy atom. The Labute approximate surface area is 164 Å². The highest BCUT2D eigenvalue weighted by Crippen LogP contribution is 2.18. The Morgan fingerprint density at radius 2 is 1.75 bits per heavy atom. The van der Waals surface area contributed by atoms with Gasteiger partial charge < -0.3 is 10.2 Å². The molecule has 1 saturated heterocycles. The third-order valence-electron chi connectivity index (χ3n) is 4.47. The lowest BCUT2D eigenvalue weighted by Gasteiger charge is -2.32. The lowest BCUT2D eigenvalue weighted by molar-refractivity contribution is -0.114. The van der Waals surface area contributed by atoms with Crippen molar-refractivity contribution in [1.29, 1.82) is 0 Å². The molecule has 9 heteroatoms. The number of rotatable bonds is 5. The molecule has 1 aromatic carbocycles. The summed E-state index contributed by atoms with van der Waals surface area (Å²) in [5, 5.41) is 2.60. The van der Waals surface area contributed by atoms with Crippen molar-refractivity contribution in [3.05, 3.63) is 54.4 Å². The summed E-state index contributed by atoms with van der Waals surface area (Å²) in [6.45, 7) is 2.31. The standard InChI is InChI=1S/C19H22N4O4S/c1-14(24)21-15-5-7-17(8-6-15)28(26,27)22-16-9-12-23(13-10-16)19(25)18-4-2-3-11-20-18/h2-8,11,16,22H,9-10,12-13H2,1H3,(H,21,24). The molecule has 1 fully saturated rings. The Bertz CT molecular complexity index is 938. The van der Waals surface area contributed by atoms with Crippen LogP contribution in [0.15, 0.2) is 53.6 Å². The second-order valence-corrected chi connectivity index (χ2v) is 8.32. The van der Waals surface area contributed by atoms with E-state index in [1.165, 1.54) is 19.1 Å². The van der Waals surface area contributed by atoms with E-state index in [1.807, 2.05) is 0 Å². The van der Waals surface area contributed by atoms with Crippen molar-refractivity contribution in [2.45, 2.75) is 30.7 Å². The summed E-state index contributed by atoms with van der Waals surface area (Å²) in [5.41, 5.74) is 0.925. The van der Waals surface area contributed by atoms with E-state index in [1.54, 1.807) is 41.4 Å². The second-order valence-electron chi connectivity index (χ2n) is 6.61.